The van der Waals surface area contributed by atoms with Gasteiger partial charge in [-0.2, -0.15) is 0 Å². The normalized spacial score (nSPS) is 16.9. The number of hydrogen-bond donors (Lipinski definition) is 1. The number of aliphatic hydroxyl groups is 1. The highest BCUT2D eigenvalue weighted by Crippen LogP contribution is 2.43. The molecule has 0 bridgehead atoms. The van der Waals surface area contributed by atoms with E-state index in [2.05, 4.69) is 49.4 Å². The topological polar surface area (TPSA) is 46.3 Å². The second-order valence-corrected chi connectivity index (χ2v) is 11.4. The molecule has 1 heterocycles. The number of quaternary nitrogens is 1. The van der Waals surface area contributed by atoms with E-state index in [1.165, 1.54) is 17.7 Å². The van der Waals surface area contributed by atoms with Crippen LogP contribution in [0.1, 0.15) is 55.7 Å². The number of nitrogens with zero attached hydrogens (tertiary/aromatic N) is 2. The summed E-state index contributed by atoms with van der Waals surface area (Å²) in [7, 11) is 4.57. The molecular formula is C29H39N2O2S+. The van der Waals surface area contributed by atoms with E-state index in [4.69, 9.17) is 4.42 Å². The minimum absolute atomic E-state index is 0.143. The number of thioether (sulfide) groups is 1. The van der Waals surface area contributed by atoms with Gasteiger partial charge in [-0.15, -0.1) is 11.8 Å². The van der Waals surface area contributed by atoms with Gasteiger partial charge in [0.05, 0.1) is 39.8 Å². The number of aromatic nitrogens is 1. The maximum Gasteiger partial charge on any atom is 0.231 e. The predicted molar refractivity (Wildman–Crippen MR) is 140 cm³/mol. The van der Waals surface area contributed by atoms with Crippen LogP contribution >= 0.6 is 11.8 Å². The zero-order valence-corrected chi connectivity index (χ0v) is 21.5. The number of benzene rings is 2. The average Bonchev–Trinajstić information content (AvgIpc) is 3.37. The molecule has 1 atom stereocenters. The fourth-order valence-corrected chi connectivity index (χ4v) is 5.93. The summed E-state index contributed by atoms with van der Waals surface area (Å²) in [5, 5.41) is 12.0. The summed E-state index contributed by atoms with van der Waals surface area (Å²) in [6, 6.07) is 20.6. The lowest BCUT2D eigenvalue weighted by molar-refractivity contribution is -0.890. The van der Waals surface area contributed by atoms with Crippen LogP contribution in [0.25, 0.3) is 0 Å². The molecule has 1 fully saturated rings. The minimum atomic E-state index is -1.15. The van der Waals surface area contributed by atoms with E-state index >= 15 is 0 Å². The van der Waals surface area contributed by atoms with Gasteiger partial charge in [-0.1, -0.05) is 67.8 Å². The van der Waals surface area contributed by atoms with Crippen LogP contribution in [-0.4, -0.2) is 47.5 Å². The van der Waals surface area contributed by atoms with E-state index in [-0.39, 0.29) is 5.92 Å². The summed E-state index contributed by atoms with van der Waals surface area (Å²) < 4.78 is 7.20. The summed E-state index contributed by atoms with van der Waals surface area (Å²) >= 11 is 1.93. The third-order valence-corrected chi connectivity index (χ3v) is 8.27. The van der Waals surface area contributed by atoms with E-state index in [9.17, 15) is 5.11 Å². The van der Waals surface area contributed by atoms with E-state index in [0.29, 0.717) is 5.89 Å². The second-order valence-electron chi connectivity index (χ2n) is 10.2. The molecule has 2 aromatic carbocycles. The van der Waals surface area contributed by atoms with Gasteiger partial charge in [-0.05, 0) is 30.5 Å². The van der Waals surface area contributed by atoms with Gasteiger partial charge in [-0.3, -0.25) is 0 Å². The highest BCUT2D eigenvalue weighted by molar-refractivity contribution is 7.99. The van der Waals surface area contributed by atoms with Crippen LogP contribution in [-0.2, 0) is 12.0 Å². The fourth-order valence-electron chi connectivity index (χ4n) is 5.07. The highest BCUT2D eigenvalue weighted by atomic mass is 32.2. The summed E-state index contributed by atoms with van der Waals surface area (Å²) in [4.78, 5) is 5.96. The lowest BCUT2D eigenvalue weighted by Crippen LogP contribution is -2.42. The molecule has 1 aliphatic carbocycles. The maximum absolute atomic E-state index is 12.0. The minimum Gasteiger partial charge on any atom is -0.442 e. The van der Waals surface area contributed by atoms with Crippen molar-refractivity contribution >= 4 is 11.8 Å². The van der Waals surface area contributed by atoms with Crippen LogP contribution < -0.4 is 0 Å². The van der Waals surface area contributed by atoms with Gasteiger partial charge in [0.2, 0.25) is 5.89 Å². The summed E-state index contributed by atoms with van der Waals surface area (Å²) in [6.07, 6.45) is 9.39. The molecule has 1 saturated carbocycles. The molecule has 1 unspecified atom stereocenters. The molecule has 34 heavy (non-hydrogen) atoms. The van der Waals surface area contributed by atoms with Gasteiger partial charge in [0.1, 0.15) is 5.76 Å². The molecule has 1 aliphatic rings. The Hall–Kier alpha value is -2.08. The SMILES string of the molecule is C[N+](C)(CCCSc1ccccc1)CCc1cnc(C(O)(c2ccccc2)C2CCCCC2)o1. The Balaban J connectivity index is 1.36. The van der Waals surface area contributed by atoms with Crippen LogP contribution in [0.5, 0.6) is 0 Å². The van der Waals surface area contributed by atoms with Crippen molar-refractivity contribution in [3.8, 4) is 0 Å². The van der Waals surface area contributed by atoms with Crippen molar-refractivity contribution in [3.05, 3.63) is 84.1 Å². The Morgan fingerprint density at radius 1 is 0.971 bits per heavy atom. The molecule has 0 aliphatic heterocycles. The summed E-state index contributed by atoms with van der Waals surface area (Å²) in [5.74, 6) is 2.60. The largest absolute Gasteiger partial charge is 0.442 e. The van der Waals surface area contributed by atoms with Crippen molar-refractivity contribution in [1.29, 1.82) is 0 Å². The first-order valence-corrected chi connectivity index (χ1v) is 13.7. The first-order valence-electron chi connectivity index (χ1n) is 12.7. The van der Waals surface area contributed by atoms with Gasteiger partial charge in [0.15, 0.2) is 5.60 Å². The van der Waals surface area contributed by atoms with Crippen molar-refractivity contribution in [3.63, 3.8) is 0 Å². The summed E-state index contributed by atoms with van der Waals surface area (Å²) in [6.45, 7) is 2.11. The van der Waals surface area contributed by atoms with Gasteiger partial charge in [-0.25, -0.2) is 4.98 Å². The van der Waals surface area contributed by atoms with Crippen LogP contribution in [0.4, 0.5) is 0 Å². The maximum atomic E-state index is 12.0. The van der Waals surface area contributed by atoms with Gasteiger partial charge < -0.3 is 14.0 Å². The molecule has 182 valence electrons. The molecule has 5 heteroatoms. The zero-order chi connectivity index (χ0) is 23.9. The first kappa shape index (κ1) is 25.0. The third-order valence-electron chi connectivity index (χ3n) is 7.17. The molecule has 4 rings (SSSR count). The molecular weight excluding hydrogens is 440 g/mol. The summed E-state index contributed by atoms with van der Waals surface area (Å²) in [5.41, 5.74) is -0.263. The second kappa shape index (κ2) is 11.6. The number of likely N-dealkylation sites (N-methyl/N-ethyl adjacent to an activating group) is 1. The van der Waals surface area contributed by atoms with Crippen molar-refractivity contribution in [2.24, 2.45) is 5.92 Å². The Morgan fingerprint density at radius 3 is 2.35 bits per heavy atom. The smallest absolute Gasteiger partial charge is 0.231 e. The van der Waals surface area contributed by atoms with Crippen molar-refractivity contribution < 1.29 is 14.0 Å². The zero-order valence-electron chi connectivity index (χ0n) is 20.7. The monoisotopic (exact) mass is 479 g/mol. The van der Waals surface area contributed by atoms with Crippen LogP contribution in [0, 0.1) is 5.92 Å². The van der Waals surface area contributed by atoms with Crippen LogP contribution in [0.3, 0.4) is 0 Å². The number of rotatable bonds is 11. The molecule has 3 aromatic rings. The Bertz CT molecular complexity index is 999. The first-order chi connectivity index (χ1) is 16.5. The van der Waals surface area contributed by atoms with Gasteiger partial charge >= 0.3 is 0 Å². The van der Waals surface area contributed by atoms with E-state index in [1.807, 2.05) is 48.3 Å². The quantitative estimate of drug-likeness (QED) is 0.199. The van der Waals surface area contributed by atoms with Gasteiger partial charge in [0.25, 0.3) is 0 Å². The third kappa shape index (κ3) is 6.32. The molecule has 0 radical (unpaired) electrons. The Kier molecular flexibility index (Phi) is 8.51. The van der Waals surface area contributed by atoms with Crippen molar-refractivity contribution in [2.45, 2.75) is 55.4 Å². The van der Waals surface area contributed by atoms with E-state index in [0.717, 1.165) is 66.8 Å². The lowest BCUT2D eigenvalue weighted by Gasteiger charge is -2.36. The average molecular weight is 480 g/mol. The van der Waals surface area contributed by atoms with Gasteiger partial charge in [0, 0.05) is 23.0 Å². The fraction of sp³-hybridized carbons (Fsp3) is 0.483. The molecule has 4 nitrogen and oxygen atoms in total. The van der Waals surface area contributed by atoms with Crippen LogP contribution in [0.15, 0.2) is 76.2 Å². The molecule has 1 aromatic heterocycles. The van der Waals surface area contributed by atoms with Crippen molar-refractivity contribution in [1.82, 2.24) is 4.98 Å². The van der Waals surface area contributed by atoms with E-state index in [1.54, 1.807) is 0 Å². The molecule has 0 saturated heterocycles. The Labute approximate surface area is 209 Å². The molecule has 0 spiro atoms. The van der Waals surface area contributed by atoms with E-state index < -0.39 is 5.60 Å². The number of oxazole rings is 1. The molecule has 0 amide bonds. The van der Waals surface area contributed by atoms with Crippen LogP contribution in [0.2, 0.25) is 0 Å². The standard InChI is InChI=1S/C29H39N2O2S/c1-31(2,20-12-22-34-27-17-10-5-11-18-27)21-19-26-23-30-28(33-26)29(32,24-13-6-3-7-14-24)25-15-8-4-9-16-25/h3,5-7,10-11,13-14,17-18,23,25,32H,4,8-9,12,15-16,19-22H2,1-2H3/q+1. The van der Waals surface area contributed by atoms with Crippen molar-refractivity contribution in [2.75, 3.05) is 32.9 Å². The lowest BCUT2D eigenvalue weighted by atomic mass is 9.73. The predicted octanol–water partition coefficient (Wildman–Crippen LogP) is 6.29. The highest BCUT2D eigenvalue weighted by Gasteiger charge is 2.44. The number of hydrogen-bond acceptors (Lipinski definition) is 4. The molecule has 1 N–H and O–H groups in total. The Morgan fingerprint density at radius 2 is 1.65 bits per heavy atom.